The number of carbonyl (C=O) groups excluding carboxylic acids is 2. The number of nitrogens with one attached hydrogen (secondary N) is 2. The van der Waals surface area contributed by atoms with Crippen molar-refractivity contribution in [1.82, 2.24) is 10.6 Å². The van der Waals surface area contributed by atoms with Crippen LogP contribution >= 0.6 is 0 Å². The lowest BCUT2D eigenvalue weighted by Gasteiger charge is -2.04. The van der Waals surface area contributed by atoms with Gasteiger partial charge in [0.05, 0.1) is 0 Å². The van der Waals surface area contributed by atoms with E-state index in [0.29, 0.717) is 25.9 Å². The Balaban J connectivity index is 2.20. The third-order valence-corrected chi connectivity index (χ3v) is 1.91. The van der Waals surface area contributed by atoms with Gasteiger partial charge in [-0.1, -0.05) is 30.3 Å². The van der Waals surface area contributed by atoms with Crippen LogP contribution in [-0.2, 0) is 16.1 Å². The molecule has 0 bridgehead atoms. The van der Waals surface area contributed by atoms with Crippen molar-refractivity contribution in [2.75, 3.05) is 6.54 Å². The number of rotatable bonds is 6. The van der Waals surface area contributed by atoms with Gasteiger partial charge in [0.1, 0.15) is 0 Å². The van der Waals surface area contributed by atoms with Gasteiger partial charge in [-0.2, -0.15) is 0 Å². The molecule has 80 valence electrons. The van der Waals surface area contributed by atoms with Crippen LogP contribution in [0.4, 0.5) is 0 Å². The van der Waals surface area contributed by atoms with Crippen molar-refractivity contribution >= 4 is 12.3 Å². The Hall–Kier alpha value is -1.84. The van der Waals surface area contributed by atoms with Crippen LogP contribution in [0.1, 0.15) is 12.0 Å². The van der Waals surface area contributed by atoms with Crippen molar-refractivity contribution in [2.24, 2.45) is 0 Å². The van der Waals surface area contributed by atoms with E-state index in [4.69, 9.17) is 0 Å². The highest BCUT2D eigenvalue weighted by Crippen LogP contribution is 1.97. The maximum absolute atomic E-state index is 11.2. The fraction of sp³-hybridized carbons (Fsp3) is 0.273. The first-order valence-electron chi connectivity index (χ1n) is 4.80. The smallest absolute Gasteiger partial charge is 0.222 e. The molecule has 0 aliphatic heterocycles. The molecule has 4 heteroatoms. The Morgan fingerprint density at radius 1 is 1.27 bits per heavy atom. The van der Waals surface area contributed by atoms with Crippen LogP contribution in [0.2, 0.25) is 0 Å². The van der Waals surface area contributed by atoms with Crippen LogP contribution in [0.25, 0.3) is 0 Å². The third-order valence-electron chi connectivity index (χ3n) is 1.91. The molecule has 0 spiro atoms. The van der Waals surface area contributed by atoms with Gasteiger partial charge in [0.15, 0.2) is 0 Å². The minimum Gasteiger partial charge on any atom is -0.358 e. The van der Waals surface area contributed by atoms with E-state index < -0.39 is 0 Å². The highest BCUT2D eigenvalue weighted by Gasteiger charge is 1.99. The second-order valence-corrected chi connectivity index (χ2v) is 3.08. The molecule has 0 fully saturated rings. The number of hydrogen-bond donors (Lipinski definition) is 2. The Morgan fingerprint density at radius 3 is 2.67 bits per heavy atom. The fourth-order valence-electron chi connectivity index (χ4n) is 1.13. The molecule has 15 heavy (non-hydrogen) atoms. The van der Waals surface area contributed by atoms with Crippen molar-refractivity contribution in [1.29, 1.82) is 0 Å². The zero-order valence-electron chi connectivity index (χ0n) is 8.40. The first-order valence-corrected chi connectivity index (χ1v) is 4.80. The molecule has 1 aromatic rings. The standard InChI is InChI=1S/C11H14N2O2/c14-9-12-7-6-11(15)13-8-10-4-2-1-3-5-10/h1-5,9H,6-8H2,(H,12,14)(H,13,15). The summed E-state index contributed by atoms with van der Waals surface area (Å²) in [5.41, 5.74) is 1.06. The van der Waals surface area contributed by atoms with Crippen LogP contribution < -0.4 is 10.6 Å². The summed E-state index contributed by atoms with van der Waals surface area (Å²) in [5.74, 6) is -0.0618. The predicted octanol–water partition coefficient (Wildman–Crippen LogP) is 0.439. The van der Waals surface area contributed by atoms with E-state index in [0.717, 1.165) is 5.56 Å². The van der Waals surface area contributed by atoms with E-state index >= 15 is 0 Å². The zero-order chi connectivity index (χ0) is 10.9. The highest BCUT2D eigenvalue weighted by atomic mass is 16.1. The van der Waals surface area contributed by atoms with E-state index in [1.54, 1.807) is 0 Å². The second-order valence-electron chi connectivity index (χ2n) is 3.08. The molecule has 0 saturated carbocycles. The Morgan fingerprint density at radius 2 is 2.00 bits per heavy atom. The van der Waals surface area contributed by atoms with Crippen molar-refractivity contribution in [3.63, 3.8) is 0 Å². The van der Waals surface area contributed by atoms with Gasteiger partial charge >= 0.3 is 0 Å². The second kappa shape index (κ2) is 6.59. The summed E-state index contributed by atoms with van der Waals surface area (Å²) in [4.78, 5) is 21.1. The van der Waals surface area contributed by atoms with Gasteiger partial charge in [-0.25, -0.2) is 0 Å². The summed E-state index contributed by atoms with van der Waals surface area (Å²) in [6.45, 7) is 0.908. The lowest BCUT2D eigenvalue weighted by molar-refractivity contribution is -0.121. The molecule has 0 atom stereocenters. The molecule has 4 nitrogen and oxygen atoms in total. The Bertz CT molecular complexity index is 312. The molecule has 0 saturated heterocycles. The highest BCUT2D eigenvalue weighted by molar-refractivity contribution is 5.76. The molecule has 0 aliphatic rings. The van der Waals surface area contributed by atoms with Gasteiger partial charge < -0.3 is 10.6 Å². The number of carbonyl (C=O) groups is 2. The molecule has 0 heterocycles. The van der Waals surface area contributed by atoms with Crippen LogP contribution in [0.15, 0.2) is 30.3 Å². The van der Waals surface area contributed by atoms with E-state index in [1.165, 1.54) is 0 Å². The van der Waals surface area contributed by atoms with E-state index in [2.05, 4.69) is 10.6 Å². The summed E-state index contributed by atoms with van der Waals surface area (Å²) < 4.78 is 0. The van der Waals surface area contributed by atoms with Crippen LogP contribution in [-0.4, -0.2) is 18.9 Å². The predicted molar refractivity (Wildman–Crippen MR) is 57.0 cm³/mol. The Kier molecular flexibility index (Phi) is 4.94. The van der Waals surface area contributed by atoms with Crippen LogP contribution in [0.5, 0.6) is 0 Å². The van der Waals surface area contributed by atoms with Crippen molar-refractivity contribution in [2.45, 2.75) is 13.0 Å². The maximum Gasteiger partial charge on any atom is 0.222 e. The molecule has 1 rings (SSSR count). The Labute approximate surface area is 88.7 Å². The number of hydrogen-bond acceptors (Lipinski definition) is 2. The molecule has 0 unspecified atom stereocenters. The molecule has 0 radical (unpaired) electrons. The molecule has 2 amide bonds. The number of benzene rings is 1. The first-order chi connectivity index (χ1) is 7.33. The molecule has 0 aliphatic carbocycles. The normalized spacial score (nSPS) is 9.33. The summed E-state index contributed by atoms with van der Waals surface area (Å²) in [6, 6.07) is 9.68. The molecule has 0 aromatic heterocycles. The summed E-state index contributed by atoms with van der Waals surface area (Å²) in [7, 11) is 0. The largest absolute Gasteiger partial charge is 0.358 e. The van der Waals surface area contributed by atoms with Crippen molar-refractivity contribution in [3.05, 3.63) is 35.9 Å². The lowest BCUT2D eigenvalue weighted by atomic mass is 10.2. The molecular weight excluding hydrogens is 192 g/mol. The van der Waals surface area contributed by atoms with Crippen molar-refractivity contribution < 1.29 is 9.59 Å². The van der Waals surface area contributed by atoms with Gasteiger partial charge in [-0.05, 0) is 5.56 Å². The molecular formula is C11H14N2O2. The summed E-state index contributed by atoms with van der Waals surface area (Å²) in [5, 5.41) is 5.20. The SMILES string of the molecule is O=CNCCC(=O)NCc1ccccc1. The van der Waals surface area contributed by atoms with E-state index in [9.17, 15) is 9.59 Å². The van der Waals surface area contributed by atoms with Crippen LogP contribution in [0.3, 0.4) is 0 Å². The van der Waals surface area contributed by atoms with Gasteiger partial charge in [-0.3, -0.25) is 9.59 Å². The van der Waals surface area contributed by atoms with Gasteiger partial charge in [0.2, 0.25) is 12.3 Å². The van der Waals surface area contributed by atoms with Crippen molar-refractivity contribution in [3.8, 4) is 0 Å². The number of amides is 2. The molecule has 2 N–H and O–H groups in total. The average molecular weight is 206 g/mol. The third kappa shape index (κ3) is 4.81. The molecule has 1 aromatic carbocycles. The van der Waals surface area contributed by atoms with Gasteiger partial charge in [0, 0.05) is 19.5 Å². The van der Waals surface area contributed by atoms with Crippen LogP contribution in [0, 0.1) is 0 Å². The minimum absolute atomic E-state index is 0.0618. The summed E-state index contributed by atoms with van der Waals surface area (Å²) in [6.07, 6.45) is 0.899. The quantitative estimate of drug-likeness (QED) is 0.524. The van der Waals surface area contributed by atoms with E-state index in [1.807, 2.05) is 30.3 Å². The first kappa shape index (κ1) is 11.2. The van der Waals surface area contributed by atoms with Gasteiger partial charge in [0.25, 0.3) is 0 Å². The topological polar surface area (TPSA) is 58.2 Å². The maximum atomic E-state index is 11.2. The average Bonchev–Trinajstić information content (AvgIpc) is 2.28. The monoisotopic (exact) mass is 206 g/mol. The zero-order valence-corrected chi connectivity index (χ0v) is 8.40. The van der Waals surface area contributed by atoms with Gasteiger partial charge in [-0.15, -0.1) is 0 Å². The lowest BCUT2D eigenvalue weighted by Crippen LogP contribution is -2.26. The summed E-state index contributed by atoms with van der Waals surface area (Å²) >= 11 is 0. The fourth-order valence-corrected chi connectivity index (χ4v) is 1.13. The van der Waals surface area contributed by atoms with E-state index in [-0.39, 0.29) is 5.91 Å². The minimum atomic E-state index is -0.0618.